The van der Waals surface area contributed by atoms with Crippen LogP contribution in [0.15, 0.2) is 71.5 Å². The summed E-state index contributed by atoms with van der Waals surface area (Å²) in [5, 5.41) is 7.67. The highest BCUT2D eigenvalue weighted by Gasteiger charge is 2.21. The molecule has 0 aliphatic rings. The molecule has 0 N–H and O–H groups in total. The zero-order valence-electron chi connectivity index (χ0n) is 16.1. The van der Waals surface area contributed by atoms with Gasteiger partial charge in [-0.05, 0) is 42.8 Å². The maximum atomic E-state index is 13.3. The lowest BCUT2D eigenvalue weighted by molar-refractivity contribution is 0.0987. The molecule has 0 saturated heterocycles. The number of anilines is 1. The second-order valence-corrected chi connectivity index (χ2v) is 7.13. The average molecular weight is 371 g/mol. The van der Waals surface area contributed by atoms with Crippen molar-refractivity contribution >= 4 is 33.1 Å². The number of rotatable bonds is 3. The molecule has 4 rings (SSSR count). The van der Waals surface area contributed by atoms with E-state index in [0.717, 1.165) is 16.5 Å². The van der Waals surface area contributed by atoms with Crippen LogP contribution in [0.2, 0.25) is 0 Å². The van der Waals surface area contributed by atoms with E-state index in [4.69, 9.17) is 0 Å². The third-order valence-corrected chi connectivity index (χ3v) is 4.95. The molecule has 5 heteroatoms. The molecule has 1 amide bonds. The maximum absolute atomic E-state index is 13.3. The summed E-state index contributed by atoms with van der Waals surface area (Å²) in [6.07, 6.45) is 0. The minimum absolute atomic E-state index is 0.144. The van der Waals surface area contributed by atoms with E-state index >= 15 is 0 Å². The Bertz CT molecular complexity index is 1260. The molecule has 0 radical (unpaired) electrons. The van der Waals surface area contributed by atoms with E-state index in [1.54, 1.807) is 30.1 Å². The summed E-state index contributed by atoms with van der Waals surface area (Å²) in [6.45, 7) is 3.76. The summed E-state index contributed by atoms with van der Waals surface area (Å²) >= 11 is 0. The molecule has 0 fully saturated rings. The lowest BCUT2D eigenvalue weighted by Gasteiger charge is -2.20. The first-order chi connectivity index (χ1) is 13.5. The van der Waals surface area contributed by atoms with Crippen molar-refractivity contribution in [2.24, 2.45) is 0 Å². The molecule has 140 valence electrons. The minimum Gasteiger partial charge on any atom is -0.310 e. The minimum atomic E-state index is -0.249. The summed E-state index contributed by atoms with van der Waals surface area (Å²) in [4.78, 5) is 27.6. The van der Waals surface area contributed by atoms with Gasteiger partial charge in [0, 0.05) is 18.1 Å². The predicted octanol–water partition coefficient (Wildman–Crippen LogP) is 4.41. The summed E-state index contributed by atoms with van der Waals surface area (Å²) in [5.74, 6) is -0.249. The van der Waals surface area contributed by atoms with Gasteiger partial charge in [-0.1, -0.05) is 48.5 Å². The van der Waals surface area contributed by atoms with Crippen LogP contribution >= 0.6 is 0 Å². The fraction of sp³-hybridized carbons (Fsp3) is 0.174. The molecule has 0 aliphatic heterocycles. The van der Waals surface area contributed by atoms with Crippen LogP contribution in [0.4, 0.5) is 5.69 Å². The van der Waals surface area contributed by atoms with Gasteiger partial charge in [-0.15, -0.1) is 0 Å². The number of benzene rings is 3. The lowest BCUT2D eigenvalue weighted by Crippen LogP contribution is -2.32. The van der Waals surface area contributed by atoms with Crippen molar-refractivity contribution in [1.29, 1.82) is 0 Å². The van der Waals surface area contributed by atoms with Crippen molar-refractivity contribution in [1.82, 2.24) is 9.78 Å². The van der Waals surface area contributed by atoms with Gasteiger partial charge in [0.25, 0.3) is 11.5 Å². The predicted molar refractivity (Wildman–Crippen MR) is 113 cm³/mol. The molecule has 3 aromatic carbocycles. The summed E-state index contributed by atoms with van der Waals surface area (Å²) < 4.78 is 1.38. The van der Waals surface area contributed by atoms with Gasteiger partial charge in [0.05, 0.1) is 11.4 Å². The lowest BCUT2D eigenvalue weighted by atomic mass is 10.1. The van der Waals surface area contributed by atoms with Crippen molar-refractivity contribution in [3.8, 4) is 0 Å². The average Bonchev–Trinajstić information content (AvgIpc) is 2.72. The van der Waals surface area contributed by atoms with Gasteiger partial charge in [0.1, 0.15) is 0 Å². The Morgan fingerprint density at radius 3 is 2.29 bits per heavy atom. The highest BCUT2D eigenvalue weighted by atomic mass is 16.2. The topological polar surface area (TPSA) is 55.2 Å². The van der Waals surface area contributed by atoms with Crippen molar-refractivity contribution in [3.05, 3.63) is 82.8 Å². The Kier molecular flexibility index (Phi) is 4.43. The van der Waals surface area contributed by atoms with Gasteiger partial charge in [-0.3, -0.25) is 9.59 Å². The van der Waals surface area contributed by atoms with Gasteiger partial charge in [-0.2, -0.15) is 5.10 Å². The third kappa shape index (κ3) is 2.95. The second kappa shape index (κ2) is 6.93. The number of amides is 1. The van der Waals surface area contributed by atoms with Crippen LogP contribution in [-0.2, 0) is 0 Å². The van der Waals surface area contributed by atoms with Crippen molar-refractivity contribution in [2.75, 3.05) is 11.9 Å². The number of nitrogens with zero attached hydrogens (tertiary/aromatic N) is 3. The smallest absolute Gasteiger partial charge is 0.279 e. The summed E-state index contributed by atoms with van der Waals surface area (Å²) in [6, 6.07) is 20.9. The van der Waals surface area contributed by atoms with Gasteiger partial charge < -0.3 is 4.90 Å². The zero-order valence-corrected chi connectivity index (χ0v) is 16.1. The fourth-order valence-corrected chi connectivity index (χ4v) is 3.38. The van der Waals surface area contributed by atoms with Crippen LogP contribution < -0.4 is 10.5 Å². The largest absolute Gasteiger partial charge is 0.310 e. The first-order valence-electron chi connectivity index (χ1n) is 9.26. The van der Waals surface area contributed by atoms with Crippen LogP contribution in [0.3, 0.4) is 0 Å². The molecule has 5 nitrogen and oxygen atoms in total. The van der Waals surface area contributed by atoms with Crippen molar-refractivity contribution in [2.45, 2.75) is 19.9 Å². The molecule has 0 saturated carbocycles. The molecule has 1 heterocycles. The first kappa shape index (κ1) is 17.9. The van der Waals surface area contributed by atoms with Crippen LogP contribution in [0.1, 0.15) is 30.4 Å². The molecular weight excluding hydrogens is 350 g/mol. The summed E-state index contributed by atoms with van der Waals surface area (Å²) in [7, 11) is 1.73. The first-order valence-corrected chi connectivity index (χ1v) is 9.26. The second-order valence-electron chi connectivity index (χ2n) is 7.13. The van der Waals surface area contributed by atoms with Crippen LogP contribution in [-0.4, -0.2) is 22.7 Å². The Morgan fingerprint density at radius 2 is 1.57 bits per heavy atom. The van der Waals surface area contributed by atoms with Crippen LogP contribution in [0.25, 0.3) is 21.5 Å². The van der Waals surface area contributed by atoms with E-state index in [9.17, 15) is 9.59 Å². The van der Waals surface area contributed by atoms with E-state index in [1.165, 1.54) is 4.68 Å². The molecule has 0 spiro atoms. The third-order valence-electron chi connectivity index (χ3n) is 4.95. The van der Waals surface area contributed by atoms with E-state index in [0.29, 0.717) is 10.8 Å². The molecule has 28 heavy (non-hydrogen) atoms. The Morgan fingerprint density at radius 1 is 0.929 bits per heavy atom. The quantitative estimate of drug-likeness (QED) is 0.536. The standard InChI is InChI=1S/C23H21N3O2/c1-15(2)26-22(27)20-11-7-6-10-19(20)21(24-26)23(28)25(3)18-13-12-16-8-4-5-9-17(16)14-18/h4-15H,1-3H3. The fourth-order valence-electron chi connectivity index (χ4n) is 3.38. The monoisotopic (exact) mass is 371 g/mol. The van der Waals surface area contributed by atoms with E-state index in [1.807, 2.05) is 62.4 Å². The molecular formula is C23H21N3O2. The van der Waals surface area contributed by atoms with Crippen LogP contribution in [0, 0.1) is 0 Å². The Hall–Kier alpha value is -3.47. The molecule has 0 unspecified atom stereocenters. The highest BCUT2D eigenvalue weighted by molar-refractivity contribution is 6.12. The molecule has 0 atom stereocenters. The number of carbonyl (C=O) groups excluding carboxylic acids is 1. The molecule has 0 bridgehead atoms. The van der Waals surface area contributed by atoms with E-state index in [-0.39, 0.29) is 23.2 Å². The number of aromatic nitrogens is 2. The number of hydrogen-bond donors (Lipinski definition) is 0. The molecule has 4 aromatic rings. The summed E-state index contributed by atoms with van der Waals surface area (Å²) in [5.41, 5.74) is 0.868. The zero-order chi connectivity index (χ0) is 19.8. The van der Waals surface area contributed by atoms with Gasteiger partial charge in [0.2, 0.25) is 0 Å². The number of fused-ring (bicyclic) bond motifs is 2. The SMILES string of the molecule is CC(C)n1nc(C(=O)N(C)c2ccc3ccccc3c2)c2ccccc2c1=O. The Balaban J connectivity index is 1.85. The van der Waals surface area contributed by atoms with Crippen molar-refractivity contribution < 1.29 is 4.79 Å². The maximum Gasteiger partial charge on any atom is 0.279 e. The normalized spacial score (nSPS) is 11.3. The number of carbonyl (C=O) groups is 1. The van der Waals surface area contributed by atoms with E-state index in [2.05, 4.69) is 5.10 Å². The molecule has 1 aromatic heterocycles. The van der Waals surface area contributed by atoms with Gasteiger partial charge in [0.15, 0.2) is 5.69 Å². The van der Waals surface area contributed by atoms with Crippen LogP contribution in [0.5, 0.6) is 0 Å². The van der Waals surface area contributed by atoms with E-state index < -0.39 is 0 Å². The Labute approximate surface area is 162 Å². The molecule has 0 aliphatic carbocycles. The van der Waals surface area contributed by atoms with Gasteiger partial charge in [-0.25, -0.2) is 4.68 Å². The van der Waals surface area contributed by atoms with Gasteiger partial charge >= 0.3 is 0 Å². The number of hydrogen-bond acceptors (Lipinski definition) is 3. The van der Waals surface area contributed by atoms with Crippen molar-refractivity contribution in [3.63, 3.8) is 0 Å². The highest BCUT2D eigenvalue weighted by Crippen LogP contribution is 2.24.